The average Bonchev–Trinajstić information content (AvgIpc) is 3.09. The van der Waals surface area contributed by atoms with Crippen molar-refractivity contribution in [3.05, 3.63) is 52.9 Å². The molecule has 2 heterocycles. The summed E-state index contributed by atoms with van der Waals surface area (Å²) in [5.74, 6) is 1.43. The molecule has 112 valence electrons. The molecule has 0 amide bonds. The van der Waals surface area contributed by atoms with Crippen molar-refractivity contribution in [2.45, 2.75) is 26.4 Å². The predicted molar refractivity (Wildman–Crippen MR) is 81.5 cm³/mol. The molecular formula is C16H22N4O. The van der Waals surface area contributed by atoms with Gasteiger partial charge in [0, 0.05) is 31.1 Å². The molecule has 0 bridgehead atoms. The third-order valence-electron chi connectivity index (χ3n) is 4.14. The Bertz CT molecular complexity index is 562. The van der Waals surface area contributed by atoms with E-state index in [-0.39, 0.29) is 0 Å². The van der Waals surface area contributed by atoms with Crippen LogP contribution in [0, 0.1) is 19.8 Å². The smallest absolute Gasteiger partial charge is 0.138 e. The van der Waals surface area contributed by atoms with Gasteiger partial charge in [0.2, 0.25) is 0 Å². The van der Waals surface area contributed by atoms with Gasteiger partial charge in [0.25, 0.3) is 0 Å². The molecule has 2 unspecified atom stereocenters. The van der Waals surface area contributed by atoms with Gasteiger partial charge >= 0.3 is 0 Å². The maximum atomic E-state index is 5.19. The molecule has 0 aliphatic carbocycles. The lowest BCUT2D eigenvalue weighted by Crippen LogP contribution is -2.28. The monoisotopic (exact) mass is 286 g/mol. The first kappa shape index (κ1) is 14.3. The largest absolute Gasteiger partial charge is 0.361 e. The zero-order valence-electron chi connectivity index (χ0n) is 12.5. The van der Waals surface area contributed by atoms with Crippen LogP contribution in [0.15, 0.2) is 34.9 Å². The van der Waals surface area contributed by atoms with Gasteiger partial charge in [-0.25, -0.2) is 5.43 Å². The number of nitrogens with one attached hydrogen (secondary N) is 3. The molecule has 5 nitrogen and oxygen atoms in total. The molecule has 1 aliphatic heterocycles. The normalized spacial score (nSPS) is 21.8. The standard InChI is InChI=1S/C16H22N4O/c1-11-15(12(2)21-20-11)10-17-8-14-9-18-19-16(14)13-6-4-3-5-7-13/h3-7,14,16-19H,8-10H2,1-2H3. The molecule has 3 rings (SSSR count). The first-order valence-corrected chi connectivity index (χ1v) is 7.41. The average molecular weight is 286 g/mol. The summed E-state index contributed by atoms with van der Waals surface area (Å²) >= 11 is 0. The fourth-order valence-electron chi connectivity index (χ4n) is 2.88. The van der Waals surface area contributed by atoms with E-state index in [2.05, 4.69) is 51.7 Å². The number of benzene rings is 1. The van der Waals surface area contributed by atoms with Crippen molar-refractivity contribution in [3.8, 4) is 0 Å². The summed E-state index contributed by atoms with van der Waals surface area (Å²) in [4.78, 5) is 0. The van der Waals surface area contributed by atoms with Crippen LogP contribution in [-0.4, -0.2) is 18.2 Å². The Morgan fingerprint density at radius 3 is 2.81 bits per heavy atom. The van der Waals surface area contributed by atoms with Crippen molar-refractivity contribution in [2.75, 3.05) is 13.1 Å². The van der Waals surface area contributed by atoms with E-state index in [1.807, 2.05) is 13.8 Å². The quantitative estimate of drug-likeness (QED) is 0.783. The Morgan fingerprint density at radius 2 is 2.10 bits per heavy atom. The zero-order valence-corrected chi connectivity index (χ0v) is 12.5. The van der Waals surface area contributed by atoms with Crippen LogP contribution in [0.5, 0.6) is 0 Å². The van der Waals surface area contributed by atoms with Crippen LogP contribution < -0.4 is 16.2 Å². The highest BCUT2D eigenvalue weighted by molar-refractivity contribution is 5.22. The molecule has 1 fully saturated rings. The lowest BCUT2D eigenvalue weighted by Gasteiger charge is -2.19. The number of rotatable bonds is 5. The SMILES string of the molecule is Cc1noc(C)c1CNCC1CNNC1c1ccccc1. The first-order valence-electron chi connectivity index (χ1n) is 7.41. The summed E-state index contributed by atoms with van der Waals surface area (Å²) in [6.07, 6.45) is 0. The topological polar surface area (TPSA) is 62.1 Å². The van der Waals surface area contributed by atoms with Gasteiger partial charge in [-0.05, 0) is 19.4 Å². The van der Waals surface area contributed by atoms with Crippen molar-refractivity contribution < 1.29 is 4.52 Å². The lowest BCUT2D eigenvalue weighted by molar-refractivity contribution is 0.391. The molecule has 3 N–H and O–H groups in total. The van der Waals surface area contributed by atoms with Gasteiger partial charge in [-0.1, -0.05) is 35.5 Å². The molecule has 1 aliphatic rings. The Labute approximate surface area is 125 Å². The number of hydrogen-bond acceptors (Lipinski definition) is 5. The molecule has 2 atom stereocenters. The van der Waals surface area contributed by atoms with Crippen LogP contribution in [0.25, 0.3) is 0 Å². The Hall–Kier alpha value is -1.69. The van der Waals surface area contributed by atoms with Gasteiger partial charge in [-0.15, -0.1) is 0 Å². The van der Waals surface area contributed by atoms with Crippen molar-refractivity contribution >= 4 is 0 Å². The molecule has 2 aromatic rings. The summed E-state index contributed by atoms with van der Waals surface area (Å²) in [6.45, 7) is 6.67. The van der Waals surface area contributed by atoms with E-state index in [0.29, 0.717) is 12.0 Å². The van der Waals surface area contributed by atoms with Gasteiger partial charge in [-0.3, -0.25) is 5.43 Å². The third-order valence-corrected chi connectivity index (χ3v) is 4.14. The van der Waals surface area contributed by atoms with Crippen LogP contribution in [-0.2, 0) is 6.54 Å². The predicted octanol–water partition coefficient (Wildman–Crippen LogP) is 1.85. The van der Waals surface area contributed by atoms with E-state index < -0.39 is 0 Å². The maximum absolute atomic E-state index is 5.19. The van der Waals surface area contributed by atoms with Gasteiger partial charge in [0.05, 0.1) is 11.7 Å². The summed E-state index contributed by atoms with van der Waals surface area (Å²) < 4.78 is 5.19. The van der Waals surface area contributed by atoms with E-state index in [9.17, 15) is 0 Å². The van der Waals surface area contributed by atoms with Gasteiger partial charge < -0.3 is 9.84 Å². The van der Waals surface area contributed by atoms with Crippen LogP contribution in [0.1, 0.15) is 28.6 Å². The zero-order chi connectivity index (χ0) is 14.7. The van der Waals surface area contributed by atoms with E-state index >= 15 is 0 Å². The van der Waals surface area contributed by atoms with Crippen LogP contribution in [0.2, 0.25) is 0 Å². The fraction of sp³-hybridized carbons (Fsp3) is 0.438. The molecule has 1 aromatic heterocycles. The van der Waals surface area contributed by atoms with Gasteiger partial charge in [-0.2, -0.15) is 0 Å². The molecular weight excluding hydrogens is 264 g/mol. The summed E-state index contributed by atoms with van der Waals surface area (Å²) in [6, 6.07) is 10.9. The number of nitrogens with zero attached hydrogens (tertiary/aromatic N) is 1. The van der Waals surface area contributed by atoms with Gasteiger partial charge in [0.15, 0.2) is 0 Å². The minimum absolute atomic E-state index is 0.350. The van der Waals surface area contributed by atoms with Crippen molar-refractivity contribution in [1.82, 2.24) is 21.3 Å². The van der Waals surface area contributed by atoms with Crippen LogP contribution in [0.3, 0.4) is 0 Å². The minimum Gasteiger partial charge on any atom is -0.361 e. The molecule has 0 saturated carbocycles. The lowest BCUT2D eigenvalue weighted by atomic mass is 9.95. The summed E-state index contributed by atoms with van der Waals surface area (Å²) in [5, 5.41) is 7.52. The number of hydrazine groups is 1. The van der Waals surface area contributed by atoms with Gasteiger partial charge in [0.1, 0.15) is 5.76 Å². The highest BCUT2D eigenvalue weighted by Gasteiger charge is 2.27. The highest BCUT2D eigenvalue weighted by atomic mass is 16.5. The molecule has 0 spiro atoms. The summed E-state index contributed by atoms with van der Waals surface area (Å²) in [7, 11) is 0. The first-order chi connectivity index (χ1) is 10.3. The second-order valence-corrected chi connectivity index (χ2v) is 5.61. The maximum Gasteiger partial charge on any atom is 0.138 e. The molecule has 5 heteroatoms. The van der Waals surface area contributed by atoms with E-state index in [4.69, 9.17) is 4.52 Å². The Morgan fingerprint density at radius 1 is 1.29 bits per heavy atom. The second-order valence-electron chi connectivity index (χ2n) is 5.61. The van der Waals surface area contributed by atoms with Crippen LogP contribution in [0.4, 0.5) is 0 Å². The highest BCUT2D eigenvalue weighted by Crippen LogP contribution is 2.24. The van der Waals surface area contributed by atoms with Crippen molar-refractivity contribution in [3.63, 3.8) is 0 Å². The molecule has 21 heavy (non-hydrogen) atoms. The van der Waals surface area contributed by atoms with E-state index in [1.165, 1.54) is 11.1 Å². The summed E-state index contributed by atoms with van der Waals surface area (Å²) in [5.41, 5.74) is 10.1. The molecule has 0 radical (unpaired) electrons. The number of hydrogen-bond donors (Lipinski definition) is 3. The minimum atomic E-state index is 0.350. The number of aryl methyl sites for hydroxylation is 2. The Balaban J connectivity index is 1.57. The second kappa shape index (κ2) is 6.39. The van der Waals surface area contributed by atoms with E-state index in [0.717, 1.165) is 31.1 Å². The number of aromatic nitrogens is 1. The molecule has 1 aromatic carbocycles. The van der Waals surface area contributed by atoms with Crippen molar-refractivity contribution in [1.29, 1.82) is 0 Å². The third kappa shape index (κ3) is 3.15. The van der Waals surface area contributed by atoms with E-state index in [1.54, 1.807) is 0 Å². The van der Waals surface area contributed by atoms with Crippen molar-refractivity contribution in [2.24, 2.45) is 5.92 Å². The fourth-order valence-corrected chi connectivity index (χ4v) is 2.88. The Kier molecular flexibility index (Phi) is 4.34. The molecule has 1 saturated heterocycles. The van der Waals surface area contributed by atoms with Crippen LogP contribution >= 0.6 is 0 Å².